The van der Waals surface area contributed by atoms with Gasteiger partial charge in [-0.05, 0) is 6.07 Å². The first-order valence-electron chi connectivity index (χ1n) is 9.00. The van der Waals surface area contributed by atoms with Crippen LogP contribution >= 0.6 is 34.5 Å². The van der Waals surface area contributed by atoms with E-state index in [1.54, 1.807) is 0 Å². The molecule has 6 nitrogen and oxygen atoms in total. The van der Waals surface area contributed by atoms with Crippen LogP contribution in [-0.4, -0.2) is 38.2 Å². The van der Waals surface area contributed by atoms with Gasteiger partial charge >= 0.3 is 18.3 Å². The van der Waals surface area contributed by atoms with Crippen molar-refractivity contribution in [3.8, 4) is 16.3 Å². The fourth-order valence-electron chi connectivity index (χ4n) is 2.90. The lowest BCUT2D eigenvalue weighted by Crippen LogP contribution is -2.36. The Hall–Kier alpha value is -2.65. The number of nitrogens with one attached hydrogen (secondary N) is 1. The summed E-state index contributed by atoms with van der Waals surface area (Å²) >= 11 is 12.5. The molecule has 0 aliphatic rings. The van der Waals surface area contributed by atoms with Gasteiger partial charge in [0.05, 0.1) is 18.3 Å². The molecule has 0 saturated carbocycles. The Morgan fingerprint density at radius 1 is 1.20 bits per heavy atom. The number of carbonyl (C=O) groups excluding carboxylic acids is 1. The summed E-state index contributed by atoms with van der Waals surface area (Å²) in [5, 5.41) is 9.05. The first kappa shape index (κ1) is 26.9. The molecule has 190 valence electrons. The molecule has 1 N–H and O–H groups in total. The van der Waals surface area contributed by atoms with Crippen molar-refractivity contribution in [2.45, 2.75) is 18.3 Å². The Kier molecular flexibility index (Phi) is 7.00. The van der Waals surface area contributed by atoms with E-state index in [0.717, 1.165) is 30.8 Å². The van der Waals surface area contributed by atoms with Crippen LogP contribution in [0.25, 0.3) is 16.3 Å². The van der Waals surface area contributed by atoms with Crippen molar-refractivity contribution in [2.24, 2.45) is 7.05 Å². The van der Waals surface area contributed by atoms with Gasteiger partial charge in [0.25, 0.3) is 5.91 Å². The molecule has 3 aromatic rings. The highest BCUT2D eigenvalue weighted by Crippen LogP contribution is 2.49. The largest absolute Gasteiger partial charge is 0.459 e. The van der Waals surface area contributed by atoms with Gasteiger partial charge in [-0.3, -0.25) is 4.79 Å². The van der Waals surface area contributed by atoms with Crippen LogP contribution in [0.2, 0.25) is 4.34 Å². The topological polar surface area (TPSA) is 64.7 Å². The van der Waals surface area contributed by atoms with Crippen LogP contribution in [0.3, 0.4) is 0 Å². The number of aryl methyl sites for hydroxylation is 1. The third kappa shape index (κ3) is 5.16. The van der Waals surface area contributed by atoms with Crippen molar-refractivity contribution in [1.29, 1.82) is 0 Å². The lowest BCUT2D eigenvalue weighted by Gasteiger charge is -2.19. The van der Waals surface area contributed by atoms with E-state index in [1.165, 1.54) is 6.07 Å². The van der Waals surface area contributed by atoms with E-state index in [-0.39, 0.29) is 36.6 Å². The van der Waals surface area contributed by atoms with E-state index in [2.05, 4.69) is 22.1 Å². The summed E-state index contributed by atoms with van der Waals surface area (Å²) in [5.74, 6) is -7.69. The molecule has 35 heavy (non-hydrogen) atoms. The molecule has 0 atom stereocenters. The van der Waals surface area contributed by atoms with Crippen LogP contribution in [-0.2, 0) is 19.1 Å². The molecular weight excluding hydrogens is 557 g/mol. The molecule has 3 rings (SSSR count). The molecule has 0 spiro atoms. The van der Waals surface area contributed by atoms with E-state index >= 15 is 0 Å². The van der Waals surface area contributed by atoms with E-state index in [9.17, 15) is 39.9 Å². The summed E-state index contributed by atoms with van der Waals surface area (Å²) in [6, 6.07) is 1.29. The lowest BCUT2D eigenvalue weighted by molar-refractivity contribution is -0.292. The van der Waals surface area contributed by atoms with Gasteiger partial charge < -0.3 is 5.32 Å². The molecule has 0 aliphatic carbocycles. The first-order valence-corrected chi connectivity index (χ1v) is 10.6. The molecule has 0 fully saturated rings. The predicted octanol–water partition coefficient (Wildman–Crippen LogP) is 6.14. The second-order valence-corrected chi connectivity index (χ2v) is 9.10. The number of hydrogen-bond donors (Lipinski definition) is 1. The van der Waals surface area contributed by atoms with Gasteiger partial charge in [0.15, 0.2) is 11.5 Å². The minimum absolute atomic E-state index is 0.000882. The van der Waals surface area contributed by atoms with Gasteiger partial charge in [-0.15, -0.1) is 11.3 Å². The Bertz CT molecular complexity index is 1290. The summed E-state index contributed by atoms with van der Waals surface area (Å²) in [6.45, 7) is 3.34. The lowest BCUT2D eigenvalue weighted by atomic mass is 10.1. The Morgan fingerprint density at radius 3 is 2.37 bits per heavy atom. The van der Waals surface area contributed by atoms with Crippen LogP contribution in [0.5, 0.6) is 0 Å². The molecule has 0 saturated heterocycles. The Labute approximate surface area is 204 Å². The van der Waals surface area contributed by atoms with Crippen molar-refractivity contribution in [3.63, 3.8) is 0 Å². The number of nitrogens with zero attached hydrogens (tertiary/aromatic N) is 4. The maximum absolute atomic E-state index is 13.9. The maximum Gasteiger partial charge on any atom is 0.459 e. The zero-order chi connectivity index (χ0) is 26.5. The molecule has 0 aromatic carbocycles. The van der Waals surface area contributed by atoms with Crippen LogP contribution in [0.4, 0.5) is 35.1 Å². The number of halogens is 10. The summed E-state index contributed by atoms with van der Waals surface area (Å²) in [6.07, 6.45) is -10.0. The van der Waals surface area contributed by atoms with Gasteiger partial charge in [0, 0.05) is 28.7 Å². The van der Waals surface area contributed by atoms with Crippen molar-refractivity contribution in [3.05, 3.63) is 51.2 Å². The highest BCUT2D eigenvalue weighted by Gasteiger charge is 2.64. The number of carbonyl (C=O) groups is 1. The Morgan fingerprint density at radius 2 is 1.83 bits per heavy atom. The fraction of sp³-hybridized carbons (Fsp3) is 0.278. The van der Waals surface area contributed by atoms with Crippen molar-refractivity contribution < 1.29 is 39.9 Å². The van der Waals surface area contributed by atoms with Gasteiger partial charge in [-0.1, -0.05) is 29.8 Å². The third-order valence-corrected chi connectivity index (χ3v) is 5.95. The minimum atomic E-state index is -6.32. The molecule has 0 unspecified atom stereocenters. The van der Waals surface area contributed by atoms with Crippen molar-refractivity contribution in [2.75, 3.05) is 6.54 Å². The number of aromatic nitrogens is 4. The van der Waals surface area contributed by atoms with Crippen LogP contribution in [0.1, 0.15) is 21.6 Å². The molecule has 1 amide bonds. The van der Waals surface area contributed by atoms with Gasteiger partial charge in [-0.25, -0.2) is 9.36 Å². The minimum Gasteiger partial charge on any atom is -0.347 e. The van der Waals surface area contributed by atoms with Crippen molar-refractivity contribution in [1.82, 2.24) is 24.9 Å². The summed E-state index contributed by atoms with van der Waals surface area (Å²) in [4.78, 5) is 12.5. The number of amides is 1. The molecular formula is C18H11Cl2F8N5OS. The number of hydrogen-bond acceptors (Lipinski definition) is 4. The summed E-state index contributed by atoms with van der Waals surface area (Å²) in [7, 11) is 0.761. The molecule has 0 aliphatic heterocycles. The molecule has 0 bridgehead atoms. The average Bonchev–Trinajstić information content (AvgIpc) is 3.41. The van der Waals surface area contributed by atoms with Gasteiger partial charge in [0.1, 0.15) is 9.90 Å². The van der Waals surface area contributed by atoms with E-state index < -0.39 is 41.3 Å². The van der Waals surface area contributed by atoms with Gasteiger partial charge in [-0.2, -0.15) is 45.3 Å². The average molecular weight is 568 g/mol. The van der Waals surface area contributed by atoms with Gasteiger partial charge in [0.2, 0.25) is 0 Å². The molecule has 17 heteroatoms. The van der Waals surface area contributed by atoms with E-state index in [0.29, 0.717) is 4.68 Å². The standard InChI is InChI=1S/C18H11Cl2F8N5OS/c1-7(19)4-29-14(34)9-3-10(35-13(9)20)8-5-30-33(6-8)15-11(17(23,24)25)12(31-32(15)2)16(21,22)18(26,27)28/h3,5-6H,1,4H2,2H3,(H,29,34). The number of rotatable bonds is 6. The second-order valence-electron chi connectivity index (χ2n) is 6.91. The SMILES string of the molecule is C=C(Cl)CNC(=O)c1cc(-c2cnn(-c3c(C(F)(F)F)c(C(F)(F)C(F)(F)F)nn3C)c2)sc1Cl. The van der Waals surface area contributed by atoms with Crippen LogP contribution in [0.15, 0.2) is 30.1 Å². The summed E-state index contributed by atoms with van der Waals surface area (Å²) in [5.41, 5.74) is -4.72. The second kappa shape index (κ2) is 9.09. The zero-order valence-corrected chi connectivity index (χ0v) is 19.4. The zero-order valence-electron chi connectivity index (χ0n) is 17.0. The first-order chi connectivity index (χ1) is 15.9. The fourth-order valence-corrected chi connectivity index (χ4v) is 4.21. The normalized spacial score (nSPS) is 12.8. The van der Waals surface area contributed by atoms with E-state index in [1.807, 2.05) is 0 Å². The molecule has 3 aromatic heterocycles. The smallest absolute Gasteiger partial charge is 0.347 e. The quantitative estimate of drug-likeness (QED) is 0.364. The van der Waals surface area contributed by atoms with Crippen LogP contribution < -0.4 is 5.32 Å². The maximum atomic E-state index is 13.9. The summed E-state index contributed by atoms with van der Waals surface area (Å²) < 4.78 is 108. The van der Waals surface area contributed by atoms with E-state index in [4.69, 9.17) is 23.2 Å². The van der Waals surface area contributed by atoms with Crippen molar-refractivity contribution >= 4 is 40.4 Å². The van der Waals surface area contributed by atoms with Crippen LogP contribution in [0, 0.1) is 0 Å². The Balaban J connectivity index is 2.07. The monoisotopic (exact) mass is 567 g/mol. The molecule has 0 radical (unpaired) electrons. The highest BCUT2D eigenvalue weighted by molar-refractivity contribution is 7.19. The highest BCUT2D eigenvalue weighted by atomic mass is 35.5. The number of alkyl halides is 8. The predicted molar refractivity (Wildman–Crippen MR) is 111 cm³/mol. The third-order valence-electron chi connectivity index (χ3n) is 4.41. The molecule has 3 heterocycles. The number of thiophene rings is 1.